The molecule has 3 nitrogen and oxygen atoms in total. The van der Waals surface area contributed by atoms with Crippen molar-refractivity contribution < 1.29 is 9.50 Å². The third-order valence-electron chi connectivity index (χ3n) is 4.31. The fourth-order valence-corrected chi connectivity index (χ4v) is 3.18. The molecule has 2 rings (SSSR count). The van der Waals surface area contributed by atoms with E-state index >= 15 is 0 Å². The first-order chi connectivity index (χ1) is 10.2. The SMILES string of the molecule is CCCNC(C)c1c(F)cccc1N1CCCCC1CO. The maximum Gasteiger partial charge on any atom is 0.130 e. The fraction of sp³-hybridized carbons (Fsp3) is 0.647. The molecule has 1 aliphatic rings. The van der Waals surface area contributed by atoms with Crippen LogP contribution in [0.1, 0.15) is 51.1 Å². The number of anilines is 1. The van der Waals surface area contributed by atoms with E-state index in [-0.39, 0.29) is 24.5 Å². The molecular weight excluding hydrogens is 267 g/mol. The van der Waals surface area contributed by atoms with Crippen LogP contribution in [0.4, 0.5) is 10.1 Å². The van der Waals surface area contributed by atoms with Gasteiger partial charge in [-0.05, 0) is 51.3 Å². The summed E-state index contributed by atoms with van der Waals surface area (Å²) in [7, 11) is 0. The van der Waals surface area contributed by atoms with Gasteiger partial charge in [0, 0.05) is 23.8 Å². The molecule has 1 heterocycles. The van der Waals surface area contributed by atoms with E-state index in [2.05, 4.69) is 17.1 Å². The van der Waals surface area contributed by atoms with E-state index in [4.69, 9.17) is 0 Å². The van der Waals surface area contributed by atoms with Crippen molar-refractivity contribution in [3.05, 3.63) is 29.6 Å². The van der Waals surface area contributed by atoms with Gasteiger partial charge in [0.05, 0.1) is 12.6 Å². The highest BCUT2D eigenvalue weighted by Gasteiger charge is 2.26. The van der Waals surface area contributed by atoms with Crippen LogP contribution in [0, 0.1) is 5.82 Å². The predicted octanol–water partition coefficient (Wildman–Crippen LogP) is 3.24. The Morgan fingerprint density at radius 2 is 2.24 bits per heavy atom. The third kappa shape index (κ3) is 3.74. The van der Waals surface area contributed by atoms with Crippen LogP contribution < -0.4 is 10.2 Å². The summed E-state index contributed by atoms with van der Waals surface area (Å²) in [5, 5.41) is 13.0. The van der Waals surface area contributed by atoms with Crippen LogP contribution in [0.15, 0.2) is 18.2 Å². The topological polar surface area (TPSA) is 35.5 Å². The van der Waals surface area contributed by atoms with Gasteiger partial charge in [-0.3, -0.25) is 0 Å². The summed E-state index contributed by atoms with van der Waals surface area (Å²) in [6, 6.07) is 5.36. The van der Waals surface area contributed by atoms with Gasteiger partial charge in [-0.25, -0.2) is 4.39 Å². The van der Waals surface area contributed by atoms with E-state index in [1.54, 1.807) is 6.07 Å². The average Bonchev–Trinajstić information content (AvgIpc) is 2.52. The molecule has 0 radical (unpaired) electrons. The smallest absolute Gasteiger partial charge is 0.130 e. The number of piperidine rings is 1. The molecule has 2 N–H and O–H groups in total. The van der Waals surface area contributed by atoms with Crippen molar-refractivity contribution in [2.75, 3.05) is 24.6 Å². The lowest BCUT2D eigenvalue weighted by atomic mass is 9.98. The largest absolute Gasteiger partial charge is 0.394 e. The highest BCUT2D eigenvalue weighted by molar-refractivity contribution is 5.56. The third-order valence-corrected chi connectivity index (χ3v) is 4.31. The molecule has 118 valence electrons. The summed E-state index contributed by atoms with van der Waals surface area (Å²) in [6.45, 7) is 6.01. The minimum absolute atomic E-state index is 0.0255. The predicted molar refractivity (Wildman–Crippen MR) is 85.2 cm³/mol. The number of aliphatic hydroxyl groups is 1. The fourth-order valence-electron chi connectivity index (χ4n) is 3.18. The molecule has 0 saturated carbocycles. The molecule has 4 heteroatoms. The van der Waals surface area contributed by atoms with E-state index in [9.17, 15) is 9.50 Å². The van der Waals surface area contributed by atoms with Gasteiger partial charge in [0.2, 0.25) is 0 Å². The van der Waals surface area contributed by atoms with Gasteiger partial charge >= 0.3 is 0 Å². The standard InChI is InChI=1S/C17H27FN2O/c1-3-10-19-13(2)17-15(18)8-6-9-16(17)20-11-5-4-7-14(20)12-21/h6,8-9,13-14,19,21H,3-5,7,10-12H2,1-2H3. The Balaban J connectivity index is 2.31. The quantitative estimate of drug-likeness (QED) is 0.845. The van der Waals surface area contributed by atoms with Crippen molar-refractivity contribution in [3.8, 4) is 0 Å². The minimum Gasteiger partial charge on any atom is -0.394 e. The monoisotopic (exact) mass is 294 g/mol. The van der Waals surface area contributed by atoms with Gasteiger partial charge in [-0.15, -0.1) is 0 Å². The summed E-state index contributed by atoms with van der Waals surface area (Å²) in [6.07, 6.45) is 4.24. The molecule has 2 unspecified atom stereocenters. The van der Waals surface area contributed by atoms with E-state index in [1.165, 1.54) is 6.07 Å². The Kier molecular flexibility index (Phi) is 6.00. The van der Waals surface area contributed by atoms with E-state index in [1.807, 2.05) is 13.0 Å². The summed E-state index contributed by atoms with van der Waals surface area (Å²) in [4.78, 5) is 2.19. The van der Waals surface area contributed by atoms with Crippen LogP contribution in [0.25, 0.3) is 0 Å². The van der Waals surface area contributed by atoms with Crippen molar-refractivity contribution in [3.63, 3.8) is 0 Å². The van der Waals surface area contributed by atoms with Gasteiger partial charge in [0.1, 0.15) is 5.82 Å². The van der Waals surface area contributed by atoms with Crippen molar-refractivity contribution in [2.45, 2.75) is 51.6 Å². The molecule has 0 aromatic heterocycles. The number of nitrogens with zero attached hydrogens (tertiary/aromatic N) is 1. The highest BCUT2D eigenvalue weighted by Crippen LogP contribution is 2.33. The van der Waals surface area contributed by atoms with Crippen LogP contribution in [0.2, 0.25) is 0 Å². The Hall–Kier alpha value is -1.13. The van der Waals surface area contributed by atoms with E-state index in [0.717, 1.165) is 50.0 Å². The van der Waals surface area contributed by atoms with Gasteiger partial charge in [-0.2, -0.15) is 0 Å². The molecule has 0 spiro atoms. The van der Waals surface area contributed by atoms with Crippen molar-refractivity contribution in [2.24, 2.45) is 0 Å². The number of hydrogen-bond acceptors (Lipinski definition) is 3. The lowest BCUT2D eigenvalue weighted by Gasteiger charge is -2.38. The number of aliphatic hydroxyl groups excluding tert-OH is 1. The molecule has 2 atom stereocenters. The first kappa shape index (κ1) is 16.2. The zero-order chi connectivity index (χ0) is 15.2. The molecule has 21 heavy (non-hydrogen) atoms. The summed E-state index contributed by atoms with van der Waals surface area (Å²) >= 11 is 0. The maximum absolute atomic E-state index is 14.4. The number of halogens is 1. The van der Waals surface area contributed by atoms with Gasteiger partial charge in [0.15, 0.2) is 0 Å². The Morgan fingerprint density at radius 1 is 1.43 bits per heavy atom. The normalized spacial score (nSPS) is 20.6. The second-order valence-corrected chi connectivity index (χ2v) is 5.87. The molecular formula is C17H27FN2O. The van der Waals surface area contributed by atoms with Crippen molar-refractivity contribution in [1.29, 1.82) is 0 Å². The summed E-state index contributed by atoms with van der Waals surface area (Å²) in [5.74, 6) is -0.161. The molecule has 1 aliphatic heterocycles. The molecule has 0 aliphatic carbocycles. The number of hydrogen-bond donors (Lipinski definition) is 2. The van der Waals surface area contributed by atoms with Gasteiger partial charge < -0.3 is 15.3 Å². The molecule has 1 saturated heterocycles. The molecule has 0 bridgehead atoms. The first-order valence-corrected chi connectivity index (χ1v) is 8.08. The summed E-state index contributed by atoms with van der Waals surface area (Å²) in [5.41, 5.74) is 1.66. The Labute approximate surface area is 127 Å². The Bertz CT molecular complexity index is 452. The van der Waals surface area contributed by atoms with Crippen LogP contribution in [-0.4, -0.2) is 30.8 Å². The molecule has 0 amide bonds. The van der Waals surface area contributed by atoms with Gasteiger partial charge in [0.25, 0.3) is 0 Å². The van der Waals surface area contributed by atoms with Crippen molar-refractivity contribution in [1.82, 2.24) is 5.32 Å². The number of benzene rings is 1. The average molecular weight is 294 g/mol. The van der Waals surface area contributed by atoms with Crippen LogP contribution in [-0.2, 0) is 0 Å². The maximum atomic E-state index is 14.4. The Morgan fingerprint density at radius 3 is 2.95 bits per heavy atom. The molecule has 1 aromatic carbocycles. The summed E-state index contributed by atoms with van der Waals surface area (Å²) < 4.78 is 14.4. The number of rotatable bonds is 6. The molecule has 1 aromatic rings. The lowest BCUT2D eigenvalue weighted by molar-refractivity contribution is 0.239. The zero-order valence-corrected chi connectivity index (χ0v) is 13.1. The van der Waals surface area contributed by atoms with Crippen LogP contribution in [0.5, 0.6) is 0 Å². The minimum atomic E-state index is -0.161. The van der Waals surface area contributed by atoms with Crippen molar-refractivity contribution >= 4 is 5.69 Å². The van der Waals surface area contributed by atoms with Crippen LogP contribution in [0.3, 0.4) is 0 Å². The van der Waals surface area contributed by atoms with Crippen LogP contribution >= 0.6 is 0 Å². The second kappa shape index (κ2) is 7.76. The second-order valence-electron chi connectivity index (χ2n) is 5.87. The number of nitrogens with one attached hydrogen (secondary N) is 1. The van der Waals surface area contributed by atoms with Gasteiger partial charge in [-0.1, -0.05) is 13.0 Å². The van der Waals surface area contributed by atoms with E-state index in [0.29, 0.717) is 0 Å². The highest BCUT2D eigenvalue weighted by atomic mass is 19.1. The first-order valence-electron chi connectivity index (χ1n) is 8.08. The molecule has 1 fully saturated rings. The zero-order valence-electron chi connectivity index (χ0n) is 13.1. The van der Waals surface area contributed by atoms with E-state index < -0.39 is 0 Å². The lowest BCUT2D eigenvalue weighted by Crippen LogP contribution is -2.43.